The number of amides is 2. The molecule has 2 aromatic rings. The first kappa shape index (κ1) is 24.7. The zero-order valence-corrected chi connectivity index (χ0v) is 19.9. The number of hydrogen-bond donors (Lipinski definition) is 2. The molecule has 1 aliphatic heterocycles. The SMILES string of the molecule is CC(C)=C(N=C/C(C)=N\N)C(=O)N1CCC[C@H]1C(=O)N[C@@H](C)c1ccc(-c2ncncn2)cc1. The maximum absolute atomic E-state index is 13.2. The molecule has 3 rings (SSSR count). The number of nitrogens with zero attached hydrogens (tertiary/aromatic N) is 6. The van der Waals surface area contributed by atoms with Gasteiger partial charge in [-0.2, -0.15) is 5.10 Å². The molecule has 1 saturated heterocycles. The van der Waals surface area contributed by atoms with Crippen LogP contribution in [-0.4, -0.2) is 56.2 Å². The molecule has 1 fully saturated rings. The summed E-state index contributed by atoms with van der Waals surface area (Å²) in [6.07, 6.45) is 5.71. The summed E-state index contributed by atoms with van der Waals surface area (Å²) in [7, 11) is 0. The van der Waals surface area contributed by atoms with Crippen LogP contribution >= 0.6 is 0 Å². The number of rotatable bonds is 7. The van der Waals surface area contributed by atoms with E-state index >= 15 is 0 Å². The first-order valence-electron chi connectivity index (χ1n) is 11.1. The first-order chi connectivity index (χ1) is 16.3. The van der Waals surface area contributed by atoms with Gasteiger partial charge in [-0.05, 0) is 51.7 Å². The normalized spacial score (nSPS) is 17.0. The van der Waals surface area contributed by atoms with Crippen LogP contribution in [0.25, 0.3) is 11.4 Å². The third kappa shape index (κ3) is 5.89. The lowest BCUT2D eigenvalue weighted by Gasteiger charge is -2.26. The van der Waals surface area contributed by atoms with Gasteiger partial charge in [0.15, 0.2) is 5.82 Å². The molecule has 3 N–H and O–H groups in total. The summed E-state index contributed by atoms with van der Waals surface area (Å²) < 4.78 is 0. The zero-order chi connectivity index (χ0) is 24.7. The second-order valence-electron chi connectivity index (χ2n) is 8.35. The molecule has 10 heteroatoms. The average Bonchev–Trinajstić information content (AvgIpc) is 3.34. The summed E-state index contributed by atoms with van der Waals surface area (Å²) in [6.45, 7) is 7.74. The maximum atomic E-state index is 13.2. The highest BCUT2D eigenvalue weighted by Gasteiger charge is 2.36. The molecule has 1 aliphatic rings. The van der Waals surface area contributed by atoms with E-state index < -0.39 is 6.04 Å². The molecule has 0 bridgehead atoms. The first-order valence-corrected chi connectivity index (χ1v) is 11.1. The van der Waals surface area contributed by atoms with Crippen molar-refractivity contribution >= 4 is 23.7 Å². The third-order valence-corrected chi connectivity index (χ3v) is 5.60. The Labute approximate surface area is 199 Å². The minimum Gasteiger partial charge on any atom is -0.348 e. The van der Waals surface area contributed by atoms with Crippen LogP contribution in [0.15, 0.2) is 58.3 Å². The van der Waals surface area contributed by atoms with E-state index in [1.54, 1.807) is 11.8 Å². The van der Waals surface area contributed by atoms with Crippen LogP contribution in [-0.2, 0) is 9.59 Å². The highest BCUT2D eigenvalue weighted by molar-refractivity contribution is 6.30. The van der Waals surface area contributed by atoms with Crippen molar-refractivity contribution in [1.82, 2.24) is 25.2 Å². The standard InChI is InChI=1S/C24H30N8O2/c1-15(2)21(27-12-16(3)31-25)24(34)32-11-5-6-20(32)23(33)30-17(4)18-7-9-19(10-8-18)22-28-13-26-14-29-22/h7-10,12-14,17,20H,5-6,11,25H2,1-4H3,(H,30,33)/b27-12?,31-16-/t17-,20-/m0/s1. The van der Waals surface area contributed by atoms with E-state index in [1.165, 1.54) is 18.9 Å². The van der Waals surface area contributed by atoms with E-state index in [0.717, 1.165) is 23.1 Å². The van der Waals surface area contributed by atoms with Crippen molar-refractivity contribution in [3.63, 3.8) is 0 Å². The Morgan fingerprint density at radius 1 is 1.18 bits per heavy atom. The smallest absolute Gasteiger partial charge is 0.273 e. The number of carbonyl (C=O) groups is 2. The van der Waals surface area contributed by atoms with Crippen molar-refractivity contribution in [2.24, 2.45) is 15.9 Å². The number of hydrazone groups is 1. The van der Waals surface area contributed by atoms with Crippen LogP contribution in [0.1, 0.15) is 52.1 Å². The van der Waals surface area contributed by atoms with Crippen LogP contribution in [0.2, 0.25) is 0 Å². The number of aromatic nitrogens is 3. The van der Waals surface area contributed by atoms with Gasteiger partial charge in [0.25, 0.3) is 5.91 Å². The molecule has 2 atom stereocenters. The lowest BCUT2D eigenvalue weighted by molar-refractivity contribution is -0.136. The summed E-state index contributed by atoms with van der Waals surface area (Å²) >= 11 is 0. The van der Waals surface area contributed by atoms with Gasteiger partial charge in [-0.25, -0.2) is 19.9 Å². The fourth-order valence-electron chi connectivity index (χ4n) is 3.71. The summed E-state index contributed by atoms with van der Waals surface area (Å²) in [5.41, 5.74) is 3.35. The van der Waals surface area contributed by atoms with Crippen LogP contribution in [0.3, 0.4) is 0 Å². The molecule has 0 spiro atoms. The molecule has 10 nitrogen and oxygen atoms in total. The van der Waals surface area contributed by atoms with Crippen LogP contribution < -0.4 is 11.2 Å². The zero-order valence-electron chi connectivity index (χ0n) is 19.9. The van der Waals surface area contributed by atoms with E-state index in [2.05, 4.69) is 30.4 Å². The average molecular weight is 463 g/mol. The molecule has 0 unspecified atom stereocenters. The Balaban J connectivity index is 1.69. The van der Waals surface area contributed by atoms with Gasteiger partial charge in [0.2, 0.25) is 5.91 Å². The van der Waals surface area contributed by atoms with Crippen LogP contribution in [0.4, 0.5) is 0 Å². The minimum absolute atomic E-state index is 0.184. The van der Waals surface area contributed by atoms with Crippen molar-refractivity contribution < 1.29 is 9.59 Å². The van der Waals surface area contributed by atoms with E-state index in [1.807, 2.05) is 45.0 Å². The van der Waals surface area contributed by atoms with E-state index in [0.29, 0.717) is 30.2 Å². The van der Waals surface area contributed by atoms with E-state index in [9.17, 15) is 9.59 Å². The van der Waals surface area contributed by atoms with Gasteiger partial charge in [0.05, 0.1) is 18.0 Å². The highest BCUT2D eigenvalue weighted by Crippen LogP contribution is 2.24. The second kappa shape index (κ2) is 11.3. The van der Waals surface area contributed by atoms with Gasteiger partial charge >= 0.3 is 0 Å². The van der Waals surface area contributed by atoms with E-state index in [-0.39, 0.29) is 17.9 Å². The molecule has 2 amide bonds. The number of likely N-dealkylation sites (tertiary alicyclic amines) is 1. The lowest BCUT2D eigenvalue weighted by atomic mass is 10.0. The molecular weight excluding hydrogens is 432 g/mol. The van der Waals surface area contributed by atoms with Gasteiger partial charge in [0.1, 0.15) is 24.4 Å². The van der Waals surface area contributed by atoms with Gasteiger partial charge in [-0.15, -0.1) is 0 Å². The van der Waals surface area contributed by atoms with Crippen molar-refractivity contribution in [2.75, 3.05) is 6.54 Å². The third-order valence-electron chi connectivity index (χ3n) is 5.60. The fourth-order valence-corrected chi connectivity index (χ4v) is 3.71. The number of carbonyl (C=O) groups excluding carboxylic acids is 2. The molecule has 2 heterocycles. The highest BCUT2D eigenvalue weighted by atomic mass is 16.2. The van der Waals surface area contributed by atoms with Gasteiger partial charge in [-0.1, -0.05) is 24.3 Å². The number of nitrogens with one attached hydrogen (secondary N) is 1. The predicted molar refractivity (Wildman–Crippen MR) is 131 cm³/mol. The molecular formula is C24H30N8O2. The van der Waals surface area contributed by atoms with Crippen LogP contribution in [0.5, 0.6) is 0 Å². The van der Waals surface area contributed by atoms with Gasteiger partial charge < -0.3 is 16.1 Å². The van der Waals surface area contributed by atoms with Gasteiger partial charge in [-0.3, -0.25) is 9.59 Å². The number of aliphatic imine (C=N–C) groups is 1. The Morgan fingerprint density at radius 3 is 2.47 bits per heavy atom. The monoisotopic (exact) mass is 462 g/mol. The van der Waals surface area contributed by atoms with Crippen molar-refractivity contribution in [3.05, 3.63) is 53.8 Å². The Kier molecular flexibility index (Phi) is 8.18. The Bertz CT molecular complexity index is 1110. The van der Waals surface area contributed by atoms with Crippen molar-refractivity contribution in [1.29, 1.82) is 0 Å². The molecule has 0 radical (unpaired) electrons. The number of nitrogens with two attached hydrogens (primary N) is 1. The maximum Gasteiger partial charge on any atom is 0.273 e. The molecule has 1 aromatic heterocycles. The van der Waals surface area contributed by atoms with Crippen molar-refractivity contribution in [3.8, 4) is 11.4 Å². The summed E-state index contributed by atoms with van der Waals surface area (Å²) in [6, 6.07) is 6.89. The quantitative estimate of drug-likeness (QED) is 0.280. The van der Waals surface area contributed by atoms with Crippen molar-refractivity contribution in [2.45, 2.75) is 52.6 Å². The predicted octanol–water partition coefficient (Wildman–Crippen LogP) is 2.41. The number of hydrogen-bond acceptors (Lipinski definition) is 8. The Morgan fingerprint density at radius 2 is 1.85 bits per heavy atom. The topological polar surface area (TPSA) is 139 Å². The summed E-state index contributed by atoms with van der Waals surface area (Å²) in [5.74, 6) is 5.38. The Hall–Kier alpha value is -3.95. The fraction of sp³-hybridized carbons (Fsp3) is 0.375. The molecule has 1 aromatic carbocycles. The van der Waals surface area contributed by atoms with E-state index in [4.69, 9.17) is 5.84 Å². The molecule has 34 heavy (non-hydrogen) atoms. The van der Waals surface area contributed by atoms with Gasteiger partial charge in [0, 0.05) is 12.1 Å². The number of benzene rings is 1. The molecule has 0 saturated carbocycles. The second-order valence-corrected chi connectivity index (χ2v) is 8.35. The minimum atomic E-state index is -0.548. The lowest BCUT2D eigenvalue weighted by Crippen LogP contribution is -2.47. The summed E-state index contributed by atoms with van der Waals surface area (Å²) in [4.78, 5) is 44.3. The number of allylic oxidation sites excluding steroid dienone is 1. The summed E-state index contributed by atoms with van der Waals surface area (Å²) in [5, 5.41) is 6.60. The van der Waals surface area contributed by atoms with Crippen LogP contribution in [0, 0.1) is 0 Å². The largest absolute Gasteiger partial charge is 0.348 e. The molecule has 178 valence electrons. The molecule has 0 aliphatic carbocycles.